The van der Waals surface area contributed by atoms with Crippen LogP contribution in [0.5, 0.6) is 0 Å². The molecule has 1 aliphatic heterocycles. The standard InChI is InChI=1S/C44H75N3O4/c1-4-6-8-10-12-14-16-18-20-22-24-29-35-47(3,36-30-25-23-21-19-17-15-13-11-9-7-5-2)38-43(50)46(40-33-34-42(49)45-44(40)51)37-41(48)39-31-27-26-28-32-39/h26-28,31-32,40H,4-25,29-30,33-38H2,1-3H3/p+1. The summed E-state index contributed by atoms with van der Waals surface area (Å²) in [5.41, 5.74) is 0.521. The number of hydrogen-bond acceptors (Lipinski definition) is 4. The SMILES string of the molecule is CCCCCCCCCCCCCC[N+](C)(CCCCCCCCCCCCCC)CC(=O)N(CC(=O)c1ccccc1)C1CCC(=O)NC1=O. The lowest BCUT2D eigenvalue weighted by molar-refractivity contribution is -0.902. The largest absolute Gasteiger partial charge is 0.318 e. The van der Waals surface area contributed by atoms with Gasteiger partial charge < -0.3 is 9.38 Å². The third kappa shape index (κ3) is 20.3. The highest BCUT2D eigenvalue weighted by atomic mass is 16.2. The first-order valence-electron chi connectivity index (χ1n) is 21.3. The van der Waals surface area contributed by atoms with E-state index in [9.17, 15) is 19.2 Å². The van der Waals surface area contributed by atoms with E-state index in [0.29, 0.717) is 10.0 Å². The predicted molar refractivity (Wildman–Crippen MR) is 212 cm³/mol. The van der Waals surface area contributed by atoms with Crippen LogP contribution in [-0.4, -0.2) is 72.2 Å². The van der Waals surface area contributed by atoms with E-state index >= 15 is 0 Å². The van der Waals surface area contributed by atoms with Crippen LogP contribution >= 0.6 is 0 Å². The van der Waals surface area contributed by atoms with Crippen LogP contribution in [0.15, 0.2) is 30.3 Å². The van der Waals surface area contributed by atoms with Gasteiger partial charge in [0, 0.05) is 12.0 Å². The summed E-state index contributed by atoms with van der Waals surface area (Å²) >= 11 is 0. The fraction of sp³-hybridized carbons (Fsp3) is 0.773. The number of amides is 3. The fourth-order valence-corrected chi connectivity index (χ4v) is 7.58. The number of quaternary nitrogens is 1. The smallest absolute Gasteiger partial charge is 0.278 e. The minimum atomic E-state index is -0.811. The van der Waals surface area contributed by atoms with Gasteiger partial charge in [0.1, 0.15) is 6.04 Å². The van der Waals surface area contributed by atoms with Crippen molar-refractivity contribution in [3.63, 3.8) is 0 Å². The molecule has 3 amide bonds. The highest BCUT2D eigenvalue weighted by Gasteiger charge is 2.38. The number of carbonyl (C=O) groups excluding carboxylic acids is 4. The zero-order chi connectivity index (χ0) is 37.0. The number of nitrogens with one attached hydrogen (secondary N) is 1. The van der Waals surface area contributed by atoms with Crippen molar-refractivity contribution in [2.75, 3.05) is 33.2 Å². The van der Waals surface area contributed by atoms with E-state index in [0.717, 1.165) is 25.9 Å². The van der Waals surface area contributed by atoms with Crippen LogP contribution < -0.4 is 5.32 Å². The van der Waals surface area contributed by atoms with Gasteiger partial charge in [-0.15, -0.1) is 0 Å². The molecule has 1 atom stereocenters. The van der Waals surface area contributed by atoms with Crippen molar-refractivity contribution in [2.24, 2.45) is 0 Å². The van der Waals surface area contributed by atoms with Gasteiger partial charge in [-0.1, -0.05) is 173 Å². The second-order valence-electron chi connectivity index (χ2n) is 15.8. The lowest BCUT2D eigenvalue weighted by Gasteiger charge is -2.38. The minimum Gasteiger partial charge on any atom is -0.318 e. The van der Waals surface area contributed by atoms with Crippen molar-refractivity contribution in [3.8, 4) is 0 Å². The number of piperidine rings is 1. The first kappa shape index (κ1) is 44.6. The number of rotatable bonds is 32. The highest BCUT2D eigenvalue weighted by Crippen LogP contribution is 2.20. The Morgan fingerprint density at radius 1 is 0.647 bits per heavy atom. The van der Waals surface area contributed by atoms with Crippen molar-refractivity contribution in [2.45, 2.75) is 187 Å². The number of nitrogens with zero attached hydrogens (tertiary/aromatic N) is 2. The Bertz CT molecular complexity index is 1060. The molecule has 51 heavy (non-hydrogen) atoms. The summed E-state index contributed by atoms with van der Waals surface area (Å²) in [6.07, 6.45) is 31.5. The van der Waals surface area contributed by atoms with Gasteiger partial charge in [0.25, 0.3) is 5.91 Å². The molecule has 0 radical (unpaired) electrons. The molecule has 7 heteroatoms. The highest BCUT2D eigenvalue weighted by molar-refractivity contribution is 6.04. The van der Waals surface area contributed by atoms with E-state index in [1.807, 2.05) is 18.2 Å². The average Bonchev–Trinajstić information content (AvgIpc) is 3.12. The van der Waals surface area contributed by atoms with Crippen LogP contribution in [0.1, 0.15) is 191 Å². The normalized spacial score (nSPS) is 14.8. The molecular weight excluding hydrogens is 635 g/mol. The molecule has 0 aromatic heterocycles. The summed E-state index contributed by atoms with van der Waals surface area (Å²) in [4.78, 5) is 53.9. The lowest BCUT2D eigenvalue weighted by Crippen LogP contribution is -2.59. The number of carbonyl (C=O) groups is 4. The van der Waals surface area contributed by atoms with E-state index in [1.165, 1.54) is 146 Å². The van der Waals surface area contributed by atoms with E-state index in [1.54, 1.807) is 12.1 Å². The van der Waals surface area contributed by atoms with Crippen molar-refractivity contribution in [1.82, 2.24) is 10.2 Å². The van der Waals surface area contributed by atoms with Gasteiger partial charge in [0.2, 0.25) is 11.8 Å². The molecule has 1 fully saturated rings. The Hall–Kier alpha value is -2.54. The molecule has 1 aromatic carbocycles. The van der Waals surface area contributed by atoms with E-state index in [4.69, 9.17) is 0 Å². The maximum absolute atomic E-state index is 14.2. The van der Waals surface area contributed by atoms with Crippen LogP contribution in [0.2, 0.25) is 0 Å². The van der Waals surface area contributed by atoms with Crippen molar-refractivity contribution >= 4 is 23.5 Å². The molecule has 290 valence electrons. The van der Waals surface area contributed by atoms with E-state index in [2.05, 4.69) is 26.2 Å². The summed E-state index contributed by atoms with van der Waals surface area (Å²) in [7, 11) is 2.19. The third-order valence-electron chi connectivity index (χ3n) is 10.9. The molecule has 1 aliphatic rings. The topological polar surface area (TPSA) is 83.6 Å². The molecule has 1 saturated heterocycles. The van der Waals surface area contributed by atoms with Crippen LogP contribution in [-0.2, 0) is 14.4 Å². The van der Waals surface area contributed by atoms with Gasteiger partial charge in [-0.25, -0.2) is 0 Å². The first-order valence-corrected chi connectivity index (χ1v) is 21.3. The monoisotopic (exact) mass is 711 g/mol. The van der Waals surface area contributed by atoms with Crippen LogP contribution in [0.4, 0.5) is 0 Å². The molecule has 0 bridgehead atoms. The maximum atomic E-state index is 14.2. The van der Waals surface area contributed by atoms with E-state index in [-0.39, 0.29) is 43.5 Å². The number of hydrogen-bond donors (Lipinski definition) is 1. The Morgan fingerprint density at radius 2 is 1.06 bits per heavy atom. The van der Waals surface area contributed by atoms with Gasteiger partial charge in [-0.05, 0) is 32.1 Å². The van der Waals surface area contributed by atoms with Gasteiger partial charge in [0.05, 0.1) is 26.7 Å². The quantitative estimate of drug-likeness (QED) is 0.0349. The van der Waals surface area contributed by atoms with Crippen molar-refractivity contribution in [1.29, 1.82) is 0 Å². The van der Waals surface area contributed by atoms with Gasteiger partial charge in [-0.3, -0.25) is 24.5 Å². The summed E-state index contributed by atoms with van der Waals surface area (Å²) in [5.74, 6) is -1.16. The summed E-state index contributed by atoms with van der Waals surface area (Å²) in [6, 6.07) is 8.15. The molecule has 0 aliphatic carbocycles. The molecule has 1 unspecified atom stereocenters. The fourth-order valence-electron chi connectivity index (χ4n) is 7.58. The van der Waals surface area contributed by atoms with Gasteiger partial charge in [-0.2, -0.15) is 0 Å². The molecule has 7 nitrogen and oxygen atoms in total. The summed E-state index contributed by atoms with van der Waals surface area (Å²) in [5, 5.41) is 2.41. The predicted octanol–water partition coefficient (Wildman–Crippen LogP) is 10.4. The lowest BCUT2D eigenvalue weighted by atomic mass is 10.0. The molecule has 0 saturated carbocycles. The number of benzene rings is 1. The number of Topliss-reactive ketones (excluding diaryl/α,β-unsaturated/α-hetero) is 1. The first-order chi connectivity index (χ1) is 24.8. The molecule has 2 rings (SSSR count). The van der Waals surface area contributed by atoms with Gasteiger partial charge in [0.15, 0.2) is 12.3 Å². The van der Waals surface area contributed by atoms with Crippen LogP contribution in [0.25, 0.3) is 0 Å². The van der Waals surface area contributed by atoms with Gasteiger partial charge >= 0.3 is 0 Å². The number of ketones is 1. The van der Waals surface area contributed by atoms with Crippen LogP contribution in [0, 0.1) is 0 Å². The minimum absolute atomic E-state index is 0.160. The zero-order valence-corrected chi connectivity index (χ0v) is 33.2. The number of likely N-dealkylation sites (N-methyl/N-ethyl adjacent to an activating group) is 1. The Kier molecular flexibility index (Phi) is 24.5. The summed E-state index contributed by atoms with van der Waals surface area (Å²) < 4.78 is 0.623. The molecule has 1 N–H and O–H groups in total. The molecule has 1 heterocycles. The van der Waals surface area contributed by atoms with E-state index < -0.39 is 11.9 Å². The van der Waals surface area contributed by atoms with Crippen molar-refractivity contribution < 1.29 is 23.7 Å². The third-order valence-corrected chi connectivity index (χ3v) is 10.9. The Balaban J connectivity index is 1.94. The molecule has 0 spiro atoms. The Morgan fingerprint density at radius 3 is 1.47 bits per heavy atom. The zero-order valence-electron chi connectivity index (χ0n) is 33.2. The summed E-state index contributed by atoms with van der Waals surface area (Å²) in [6.45, 7) is 6.46. The maximum Gasteiger partial charge on any atom is 0.278 e. The van der Waals surface area contributed by atoms with Crippen LogP contribution in [0.3, 0.4) is 0 Å². The Labute approximate surface area is 312 Å². The second kappa shape index (κ2) is 28.0. The van der Waals surface area contributed by atoms with Crippen molar-refractivity contribution in [3.05, 3.63) is 35.9 Å². The molecule has 1 aromatic rings. The average molecular weight is 711 g/mol. The number of unbranched alkanes of at least 4 members (excludes halogenated alkanes) is 22. The molecular formula is C44H76N3O4+. The number of imide groups is 1. The second-order valence-corrected chi connectivity index (χ2v) is 15.8.